The number of benzene rings is 7. The fourth-order valence-electron chi connectivity index (χ4n) is 11.6. The Balaban J connectivity index is 1.11. The van der Waals surface area contributed by atoms with Crippen LogP contribution >= 0.6 is 0 Å². The molecule has 0 aliphatic rings. The molecule has 0 radical (unpaired) electrons. The van der Waals surface area contributed by atoms with E-state index in [-0.39, 0.29) is 0 Å². The van der Waals surface area contributed by atoms with Gasteiger partial charge >= 0.3 is 0 Å². The smallest absolute Gasteiger partial charge is 0.163 e. The van der Waals surface area contributed by atoms with Crippen LogP contribution in [0.2, 0.25) is 0 Å². The third-order valence-corrected chi connectivity index (χ3v) is 15.0. The van der Waals surface area contributed by atoms with Gasteiger partial charge in [-0.2, -0.15) is 5.26 Å². The van der Waals surface area contributed by atoms with Crippen molar-refractivity contribution in [1.29, 1.82) is 5.26 Å². The molecule has 0 bridgehead atoms. The van der Waals surface area contributed by atoms with Crippen LogP contribution in [-0.2, 0) is 0 Å². The van der Waals surface area contributed by atoms with E-state index in [0.717, 1.165) is 99.5 Å². The molecule has 84 heavy (non-hydrogen) atoms. The van der Waals surface area contributed by atoms with Crippen LogP contribution in [0.3, 0.4) is 0 Å². The molecule has 0 aliphatic carbocycles. The van der Waals surface area contributed by atoms with Gasteiger partial charge in [-0.1, -0.05) is 60.7 Å². The predicted octanol–water partition coefficient (Wildman–Crippen LogP) is 14.0. The van der Waals surface area contributed by atoms with E-state index in [9.17, 15) is 5.26 Å². The first kappa shape index (κ1) is 51.0. The monoisotopic (exact) mass is 1090 g/mol. The second-order valence-corrected chi connectivity index (χ2v) is 21.0. The molecular formula is C68H50N16. The molecule has 0 atom stereocenters. The molecule has 14 aromatic rings. The van der Waals surface area contributed by atoms with Gasteiger partial charge in [-0.3, -0.25) is 0 Å². The number of aromatic nitrogens is 15. The zero-order valence-corrected chi connectivity index (χ0v) is 47.2. The van der Waals surface area contributed by atoms with Crippen molar-refractivity contribution in [2.24, 2.45) is 0 Å². The van der Waals surface area contributed by atoms with Crippen LogP contribution in [0.1, 0.15) is 52.2 Å². The predicted molar refractivity (Wildman–Crippen MR) is 327 cm³/mol. The van der Waals surface area contributed by atoms with Crippen LogP contribution in [0.5, 0.6) is 0 Å². The van der Waals surface area contributed by atoms with Gasteiger partial charge in [-0.15, -0.1) is 0 Å². The van der Waals surface area contributed by atoms with Crippen LogP contribution < -0.4 is 0 Å². The molecule has 0 saturated carbocycles. The molecule has 14 rings (SSSR count). The summed E-state index contributed by atoms with van der Waals surface area (Å²) < 4.78 is 4.41. The first-order valence-corrected chi connectivity index (χ1v) is 27.5. The van der Waals surface area contributed by atoms with Gasteiger partial charge in [0, 0.05) is 54.9 Å². The SMILES string of the molecule is Cc1nc(C)nc(-c2ccc3c(c2)c2cc(-c4nc(C)nc(C)n4)ccc2n3-c2cc(-c3cc(-c4ccccc4)nc(-c4ccccc4)c3)cc(-n3c4ccc(-c5nc(C)nc(C)n5)cc4c4cc(-c5nc(C)nc(C)n5)ccc43)c2C#N)n1. The number of nitriles is 1. The first-order valence-electron chi connectivity index (χ1n) is 27.5. The highest BCUT2D eigenvalue weighted by atomic mass is 15.1. The second kappa shape index (κ2) is 20.1. The molecule has 0 saturated heterocycles. The molecule has 16 nitrogen and oxygen atoms in total. The zero-order chi connectivity index (χ0) is 57.5. The fraction of sp³-hybridized carbons (Fsp3) is 0.118. The van der Waals surface area contributed by atoms with Crippen molar-refractivity contribution in [3.63, 3.8) is 0 Å². The number of fused-ring (bicyclic) bond motifs is 6. The summed E-state index contributed by atoms with van der Waals surface area (Å²) >= 11 is 0. The number of rotatable bonds is 9. The molecule has 0 N–H and O–H groups in total. The summed E-state index contributed by atoms with van der Waals surface area (Å²) in [4.78, 5) is 61.6. The van der Waals surface area contributed by atoms with Gasteiger partial charge in [-0.05, 0) is 164 Å². The lowest BCUT2D eigenvalue weighted by atomic mass is 9.97. The highest BCUT2D eigenvalue weighted by Gasteiger charge is 2.26. The van der Waals surface area contributed by atoms with E-state index in [2.05, 4.69) is 132 Å². The Hall–Kier alpha value is -11.2. The van der Waals surface area contributed by atoms with Gasteiger partial charge in [0.05, 0.1) is 44.8 Å². The Morgan fingerprint density at radius 2 is 0.548 bits per heavy atom. The van der Waals surface area contributed by atoms with Gasteiger partial charge < -0.3 is 9.13 Å². The van der Waals surface area contributed by atoms with Crippen molar-refractivity contribution >= 4 is 43.6 Å². The van der Waals surface area contributed by atoms with E-state index in [1.807, 2.05) is 116 Å². The molecule has 7 aromatic carbocycles. The summed E-state index contributed by atoms with van der Waals surface area (Å²) in [5.74, 6) is 7.22. The minimum atomic E-state index is 0.429. The molecular weight excluding hydrogens is 1040 g/mol. The van der Waals surface area contributed by atoms with Gasteiger partial charge in [0.15, 0.2) is 23.3 Å². The summed E-state index contributed by atoms with van der Waals surface area (Å²) in [6, 6.07) is 56.8. The van der Waals surface area contributed by atoms with Gasteiger partial charge in [0.25, 0.3) is 0 Å². The van der Waals surface area contributed by atoms with E-state index >= 15 is 0 Å². The van der Waals surface area contributed by atoms with Crippen molar-refractivity contribution in [3.8, 4) is 96.6 Å². The standard InChI is InChI=1S/C68H50N16/c1-36-70-37(2)75-65(74-36)46-19-23-59-52(27-46)53-28-47(66-76-38(3)71-39(4)77-66)20-24-60(53)83(59)63-33-51(50-31-57(44-15-11-9-12-16-44)82-58(32-50)45-17-13-10-14-18-45)34-64(56(63)35-69)84-61-25-21-48(67-78-40(5)72-41(6)79-67)29-54(61)55-30-49(22-26-62(55)84)68-80-42(7)73-43(8)81-68/h9-34H,1-8H3. The molecule has 0 amide bonds. The summed E-state index contributed by atoms with van der Waals surface area (Å²) in [7, 11) is 0. The van der Waals surface area contributed by atoms with Crippen molar-refractivity contribution < 1.29 is 0 Å². The minimum absolute atomic E-state index is 0.429. The van der Waals surface area contributed by atoms with E-state index < -0.39 is 0 Å². The van der Waals surface area contributed by atoms with Crippen molar-refractivity contribution in [1.82, 2.24) is 73.9 Å². The molecule has 0 unspecified atom stereocenters. The maximum Gasteiger partial charge on any atom is 0.163 e. The molecule has 0 aliphatic heterocycles. The van der Waals surface area contributed by atoms with Crippen LogP contribution in [-0.4, -0.2) is 73.9 Å². The average Bonchev–Trinajstić information content (AvgIpc) is 2.06. The first-order chi connectivity index (χ1) is 40.8. The number of hydrogen-bond donors (Lipinski definition) is 0. The molecule has 0 fully saturated rings. The van der Waals surface area contributed by atoms with E-state index in [1.165, 1.54) is 0 Å². The molecule has 16 heteroatoms. The minimum Gasteiger partial charge on any atom is -0.308 e. The summed E-state index contributed by atoms with van der Waals surface area (Å²) in [5.41, 5.74) is 13.7. The number of hydrogen-bond acceptors (Lipinski definition) is 14. The highest BCUT2D eigenvalue weighted by Crippen LogP contribution is 2.44. The van der Waals surface area contributed by atoms with E-state index in [1.54, 1.807) is 0 Å². The molecule has 0 spiro atoms. The second-order valence-electron chi connectivity index (χ2n) is 21.0. The average molecular weight is 1090 g/mol. The largest absolute Gasteiger partial charge is 0.308 e. The maximum atomic E-state index is 12.1. The Labute approximate surface area is 482 Å². The Morgan fingerprint density at radius 3 is 0.821 bits per heavy atom. The lowest BCUT2D eigenvalue weighted by Crippen LogP contribution is -2.06. The van der Waals surface area contributed by atoms with Crippen molar-refractivity contribution in [2.45, 2.75) is 55.4 Å². The van der Waals surface area contributed by atoms with Crippen molar-refractivity contribution in [2.75, 3.05) is 0 Å². The number of pyridine rings is 1. The van der Waals surface area contributed by atoms with Crippen LogP contribution in [0, 0.1) is 66.7 Å². The van der Waals surface area contributed by atoms with E-state index in [0.29, 0.717) is 86.8 Å². The highest BCUT2D eigenvalue weighted by molar-refractivity contribution is 6.13. The quantitative estimate of drug-likeness (QED) is 0.132. The molecule has 402 valence electrons. The van der Waals surface area contributed by atoms with Crippen LogP contribution in [0.15, 0.2) is 158 Å². The molecule has 7 heterocycles. The number of aryl methyl sites for hydroxylation is 8. The van der Waals surface area contributed by atoms with Gasteiger partial charge in [-0.25, -0.2) is 64.8 Å². The van der Waals surface area contributed by atoms with E-state index in [4.69, 9.17) is 44.9 Å². The van der Waals surface area contributed by atoms with Crippen molar-refractivity contribution in [3.05, 3.63) is 210 Å². The Morgan fingerprint density at radius 1 is 0.274 bits per heavy atom. The van der Waals surface area contributed by atoms with Gasteiger partial charge in [0.1, 0.15) is 58.2 Å². The third kappa shape index (κ3) is 9.10. The van der Waals surface area contributed by atoms with Crippen LogP contribution in [0.4, 0.5) is 0 Å². The lowest BCUT2D eigenvalue weighted by Gasteiger charge is -2.19. The zero-order valence-electron chi connectivity index (χ0n) is 47.2. The van der Waals surface area contributed by atoms with Crippen LogP contribution in [0.25, 0.3) is 134 Å². The summed E-state index contributed by atoms with van der Waals surface area (Å²) in [6.07, 6.45) is 0. The Kier molecular flexibility index (Phi) is 12.2. The number of nitrogens with zero attached hydrogens (tertiary/aromatic N) is 16. The fourth-order valence-corrected chi connectivity index (χ4v) is 11.6. The molecule has 7 aromatic heterocycles. The summed E-state index contributed by atoms with van der Waals surface area (Å²) in [6.45, 7) is 15.0. The Bertz CT molecular complexity index is 4480. The normalized spacial score (nSPS) is 11.6. The lowest BCUT2D eigenvalue weighted by molar-refractivity contribution is 0.928. The van der Waals surface area contributed by atoms with Gasteiger partial charge in [0.2, 0.25) is 0 Å². The summed E-state index contributed by atoms with van der Waals surface area (Å²) in [5, 5.41) is 15.8. The topological polar surface area (TPSA) is 201 Å². The third-order valence-electron chi connectivity index (χ3n) is 15.0. The maximum absolute atomic E-state index is 12.1.